The first kappa shape index (κ1) is 17.6. The van der Waals surface area contributed by atoms with E-state index < -0.39 is 0 Å². The molecule has 2 amide bonds. The maximum atomic E-state index is 12.7. The summed E-state index contributed by atoms with van der Waals surface area (Å²) in [6, 6.07) is 10.2. The molecule has 0 bridgehead atoms. The van der Waals surface area contributed by atoms with Crippen molar-refractivity contribution < 1.29 is 14.0 Å². The van der Waals surface area contributed by atoms with E-state index in [4.69, 9.17) is 10.2 Å². The number of primary amides is 1. The summed E-state index contributed by atoms with van der Waals surface area (Å²) in [5, 5.41) is 0. The Labute approximate surface area is 158 Å². The Morgan fingerprint density at radius 3 is 2.52 bits per heavy atom. The summed E-state index contributed by atoms with van der Waals surface area (Å²) >= 11 is 0. The van der Waals surface area contributed by atoms with Crippen molar-refractivity contribution >= 4 is 17.5 Å². The molecular formula is C21H25N3O3. The third-order valence-electron chi connectivity index (χ3n) is 5.77. The van der Waals surface area contributed by atoms with Gasteiger partial charge in [0.05, 0.1) is 6.26 Å². The summed E-state index contributed by atoms with van der Waals surface area (Å²) in [7, 11) is 0. The van der Waals surface area contributed by atoms with Gasteiger partial charge in [0.1, 0.15) is 0 Å². The van der Waals surface area contributed by atoms with Crippen molar-refractivity contribution in [3.63, 3.8) is 0 Å². The Hall–Kier alpha value is -2.76. The molecule has 2 atom stereocenters. The number of fused-ring (bicyclic) bond motifs is 1. The highest BCUT2D eigenvalue weighted by Gasteiger charge is 2.42. The maximum Gasteiger partial charge on any atom is 0.289 e. The van der Waals surface area contributed by atoms with Gasteiger partial charge >= 0.3 is 0 Å². The van der Waals surface area contributed by atoms with Crippen LogP contribution in [0.25, 0.3) is 0 Å². The second-order valence-corrected chi connectivity index (χ2v) is 7.70. The van der Waals surface area contributed by atoms with E-state index in [2.05, 4.69) is 17.0 Å². The first-order chi connectivity index (χ1) is 13.0. The molecule has 0 aliphatic carbocycles. The van der Waals surface area contributed by atoms with Crippen LogP contribution in [0.4, 0.5) is 5.69 Å². The molecule has 3 heterocycles. The minimum atomic E-state index is -0.271. The highest BCUT2D eigenvalue weighted by molar-refractivity contribution is 5.93. The second kappa shape index (κ2) is 7.10. The molecule has 6 nitrogen and oxygen atoms in total. The second-order valence-electron chi connectivity index (χ2n) is 7.70. The molecule has 2 aliphatic rings. The van der Waals surface area contributed by atoms with Crippen molar-refractivity contribution in [1.82, 2.24) is 4.90 Å². The number of nitrogens with zero attached hydrogens (tertiary/aromatic N) is 2. The van der Waals surface area contributed by atoms with Crippen LogP contribution in [0.3, 0.4) is 0 Å². The van der Waals surface area contributed by atoms with Crippen molar-refractivity contribution in [2.75, 3.05) is 31.1 Å². The SMILES string of the molecule is Cc1ccoc1C(=O)N1CC2CN(c3cccc(CCC(N)=O)c3)CC2C1. The molecule has 142 valence electrons. The molecule has 0 spiro atoms. The van der Waals surface area contributed by atoms with Gasteiger partial charge in [-0.25, -0.2) is 0 Å². The first-order valence-corrected chi connectivity index (χ1v) is 9.47. The smallest absolute Gasteiger partial charge is 0.289 e. The fraction of sp³-hybridized carbons (Fsp3) is 0.429. The van der Waals surface area contributed by atoms with Crippen LogP contribution in [-0.2, 0) is 11.2 Å². The molecule has 6 heteroatoms. The molecule has 2 fully saturated rings. The number of benzene rings is 1. The number of aryl methyl sites for hydroxylation is 2. The van der Waals surface area contributed by atoms with Crippen molar-refractivity contribution in [2.24, 2.45) is 17.6 Å². The van der Waals surface area contributed by atoms with Crippen molar-refractivity contribution in [1.29, 1.82) is 0 Å². The number of amides is 2. The summed E-state index contributed by atoms with van der Waals surface area (Å²) in [4.78, 5) is 28.0. The summed E-state index contributed by atoms with van der Waals surface area (Å²) in [6.07, 6.45) is 2.62. The molecule has 2 N–H and O–H groups in total. The number of carbonyl (C=O) groups is 2. The zero-order valence-corrected chi connectivity index (χ0v) is 15.6. The van der Waals surface area contributed by atoms with E-state index in [-0.39, 0.29) is 11.8 Å². The number of hydrogen-bond acceptors (Lipinski definition) is 4. The van der Waals surface area contributed by atoms with Gasteiger partial charge in [-0.2, -0.15) is 0 Å². The number of anilines is 1. The third-order valence-corrected chi connectivity index (χ3v) is 5.77. The Balaban J connectivity index is 1.39. The molecule has 1 aromatic heterocycles. The summed E-state index contributed by atoms with van der Waals surface area (Å²) in [6.45, 7) is 5.36. The van der Waals surface area contributed by atoms with Gasteiger partial charge in [-0.3, -0.25) is 9.59 Å². The van der Waals surface area contributed by atoms with Crippen molar-refractivity contribution in [3.05, 3.63) is 53.5 Å². The predicted octanol–water partition coefficient (Wildman–Crippen LogP) is 2.21. The van der Waals surface area contributed by atoms with Gasteiger partial charge in [0.25, 0.3) is 5.91 Å². The first-order valence-electron chi connectivity index (χ1n) is 9.47. The molecule has 4 rings (SSSR count). The average Bonchev–Trinajstić information content (AvgIpc) is 3.34. The zero-order valence-electron chi connectivity index (χ0n) is 15.6. The minimum absolute atomic E-state index is 0.00639. The summed E-state index contributed by atoms with van der Waals surface area (Å²) < 4.78 is 5.37. The Bertz CT molecular complexity index is 846. The molecule has 0 saturated carbocycles. The minimum Gasteiger partial charge on any atom is -0.459 e. The number of hydrogen-bond donors (Lipinski definition) is 1. The predicted molar refractivity (Wildman–Crippen MR) is 102 cm³/mol. The van der Waals surface area contributed by atoms with E-state index in [1.54, 1.807) is 6.26 Å². The average molecular weight is 367 g/mol. The fourth-order valence-corrected chi connectivity index (χ4v) is 4.28. The number of carbonyl (C=O) groups excluding carboxylic acids is 2. The lowest BCUT2D eigenvalue weighted by Crippen LogP contribution is -2.33. The lowest BCUT2D eigenvalue weighted by molar-refractivity contribution is -0.117. The third kappa shape index (κ3) is 3.56. The molecule has 1 aromatic carbocycles. The molecule has 27 heavy (non-hydrogen) atoms. The van der Waals surface area contributed by atoms with Crippen LogP contribution in [0.15, 0.2) is 41.0 Å². The standard InChI is InChI=1S/C21H25N3O3/c1-14-7-8-27-20(14)21(26)24-12-16-10-23(11-17(16)13-24)18-4-2-3-15(9-18)5-6-19(22)25/h2-4,7-9,16-17H,5-6,10-13H2,1H3,(H2,22,25). The molecule has 2 unspecified atom stereocenters. The fourth-order valence-electron chi connectivity index (χ4n) is 4.28. The van der Waals surface area contributed by atoms with Crippen LogP contribution in [-0.4, -0.2) is 42.9 Å². The van der Waals surface area contributed by atoms with Crippen LogP contribution in [0.5, 0.6) is 0 Å². The van der Waals surface area contributed by atoms with E-state index in [1.165, 1.54) is 5.69 Å². The van der Waals surface area contributed by atoms with E-state index >= 15 is 0 Å². The number of nitrogens with two attached hydrogens (primary N) is 1. The highest BCUT2D eigenvalue weighted by Crippen LogP contribution is 2.35. The van der Waals surface area contributed by atoms with E-state index in [0.717, 1.165) is 37.3 Å². The maximum absolute atomic E-state index is 12.7. The number of furan rings is 1. The van der Waals surface area contributed by atoms with E-state index in [1.807, 2.05) is 30.0 Å². The molecular weight excluding hydrogens is 342 g/mol. The van der Waals surface area contributed by atoms with Crippen molar-refractivity contribution in [2.45, 2.75) is 19.8 Å². The van der Waals surface area contributed by atoms with Gasteiger partial charge < -0.3 is 20.0 Å². The van der Waals surface area contributed by atoms with Gasteiger partial charge in [0, 0.05) is 55.7 Å². The Morgan fingerprint density at radius 1 is 1.15 bits per heavy atom. The van der Waals surface area contributed by atoms with Crippen LogP contribution in [0, 0.1) is 18.8 Å². The van der Waals surface area contributed by atoms with Gasteiger partial charge in [-0.1, -0.05) is 12.1 Å². The highest BCUT2D eigenvalue weighted by atomic mass is 16.3. The zero-order chi connectivity index (χ0) is 19.0. The normalized spacial score (nSPS) is 21.5. The molecule has 2 saturated heterocycles. The Morgan fingerprint density at radius 2 is 1.89 bits per heavy atom. The van der Waals surface area contributed by atoms with E-state index in [0.29, 0.717) is 30.4 Å². The lowest BCUT2D eigenvalue weighted by Gasteiger charge is -2.23. The Kier molecular flexibility index (Phi) is 4.64. The number of rotatable bonds is 5. The molecule has 2 aliphatic heterocycles. The van der Waals surface area contributed by atoms with Gasteiger partial charge in [0.15, 0.2) is 5.76 Å². The quantitative estimate of drug-likeness (QED) is 0.879. The van der Waals surface area contributed by atoms with Crippen LogP contribution < -0.4 is 10.6 Å². The van der Waals surface area contributed by atoms with Gasteiger partial charge in [-0.05, 0) is 37.1 Å². The largest absolute Gasteiger partial charge is 0.459 e. The van der Waals surface area contributed by atoms with Crippen LogP contribution in [0.2, 0.25) is 0 Å². The summed E-state index contributed by atoms with van der Waals surface area (Å²) in [5.41, 5.74) is 8.47. The van der Waals surface area contributed by atoms with Crippen LogP contribution in [0.1, 0.15) is 28.1 Å². The lowest BCUT2D eigenvalue weighted by atomic mass is 10.0. The van der Waals surface area contributed by atoms with Gasteiger partial charge in [-0.15, -0.1) is 0 Å². The molecule has 2 aromatic rings. The van der Waals surface area contributed by atoms with Crippen LogP contribution >= 0.6 is 0 Å². The van der Waals surface area contributed by atoms with Crippen molar-refractivity contribution in [3.8, 4) is 0 Å². The summed E-state index contributed by atoms with van der Waals surface area (Å²) in [5.74, 6) is 1.17. The number of likely N-dealkylation sites (tertiary alicyclic amines) is 1. The topological polar surface area (TPSA) is 79.8 Å². The van der Waals surface area contributed by atoms with Gasteiger partial charge in [0.2, 0.25) is 5.91 Å². The van der Waals surface area contributed by atoms with E-state index in [9.17, 15) is 9.59 Å². The monoisotopic (exact) mass is 367 g/mol. The molecule has 0 radical (unpaired) electrons.